The molecule has 0 radical (unpaired) electrons. The predicted molar refractivity (Wildman–Crippen MR) is 318 cm³/mol. The Labute approximate surface area is 438 Å². The third-order valence-electron chi connectivity index (χ3n) is 16.0. The van der Waals surface area contributed by atoms with Crippen LogP contribution in [-0.4, -0.2) is 0 Å². The third kappa shape index (κ3) is 6.66. The largest absolute Gasteiger partial charge is 0.456 e. The molecule has 0 saturated heterocycles. The molecule has 0 saturated carbocycles. The molecule has 0 aliphatic carbocycles. The van der Waals surface area contributed by atoms with Crippen molar-refractivity contribution in [3.05, 3.63) is 216 Å². The molecule has 76 heavy (non-hydrogen) atoms. The van der Waals surface area contributed by atoms with E-state index in [0.717, 1.165) is 143 Å². The summed E-state index contributed by atoms with van der Waals surface area (Å²) in [4.78, 5) is 4.68. The molecule has 0 amide bonds. The zero-order valence-corrected chi connectivity index (χ0v) is 43.2. The van der Waals surface area contributed by atoms with E-state index >= 15 is 0 Å². The van der Waals surface area contributed by atoms with Gasteiger partial charge in [0.05, 0.1) is 11.4 Å². The molecule has 15 aromatic rings. The zero-order chi connectivity index (χ0) is 51.1. The summed E-state index contributed by atoms with van der Waals surface area (Å²) in [5, 5.41) is 13.0. The van der Waals surface area contributed by atoms with E-state index in [1.54, 1.807) is 0 Å². The number of furan rings is 4. The van der Waals surface area contributed by atoms with Gasteiger partial charge in [-0.25, -0.2) is 0 Å². The fourth-order valence-corrected chi connectivity index (χ4v) is 12.1. The van der Waals surface area contributed by atoms with Crippen molar-refractivity contribution in [3.8, 4) is 0 Å². The molecule has 0 aliphatic rings. The van der Waals surface area contributed by atoms with Crippen LogP contribution in [0.3, 0.4) is 0 Å². The summed E-state index contributed by atoms with van der Waals surface area (Å²) >= 11 is 0. The van der Waals surface area contributed by atoms with Crippen LogP contribution in [0.5, 0.6) is 0 Å². The van der Waals surface area contributed by atoms with Gasteiger partial charge in [-0.05, 0) is 154 Å². The van der Waals surface area contributed by atoms with Gasteiger partial charge in [0.15, 0.2) is 11.2 Å². The Morgan fingerprint density at radius 3 is 1.08 bits per heavy atom. The van der Waals surface area contributed by atoms with Crippen LogP contribution >= 0.6 is 0 Å². The second-order valence-electron chi connectivity index (χ2n) is 21.3. The molecule has 0 N–H and O–H groups in total. The minimum atomic E-state index is 0.328. The summed E-state index contributed by atoms with van der Waals surface area (Å²) in [6, 6.07) is 69.7. The van der Waals surface area contributed by atoms with Crippen LogP contribution in [0, 0.1) is 13.8 Å². The Hall–Kier alpha value is -9.26. The van der Waals surface area contributed by atoms with E-state index in [4.69, 9.17) is 17.7 Å². The van der Waals surface area contributed by atoms with Crippen molar-refractivity contribution in [1.29, 1.82) is 0 Å². The van der Waals surface area contributed by atoms with E-state index < -0.39 is 0 Å². The molecule has 6 heteroatoms. The van der Waals surface area contributed by atoms with Gasteiger partial charge < -0.3 is 27.5 Å². The molecule has 0 spiro atoms. The van der Waals surface area contributed by atoms with Gasteiger partial charge in [-0.2, -0.15) is 0 Å². The second kappa shape index (κ2) is 16.6. The molecule has 4 heterocycles. The standard InChI is InChI=1S/C70H52N2O4/c1-39(2)49-17-11-19-51-53-21-13-25-61(69(53)75-67(49)51)71(59-23-9-7-15-41(59)5)47-29-27-43-33-55-57-37-66-58(38-65(57)73-63(55)35-45(43)31-47)56-34-44-28-30-48(32-46(44)36-64(56)74-66)72(60-24-10-8-16-42(60)6)62-26-14-22-54-52-20-12-18-50(40(3)4)68(52)76-70(54)62/h7-40H,1-6H3. The number of rotatable bonds is 8. The number of hydrogen-bond donors (Lipinski definition) is 0. The fraction of sp³-hybridized carbons (Fsp3) is 0.114. The highest BCUT2D eigenvalue weighted by Crippen LogP contribution is 2.48. The molecule has 11 aromatic carbocycles. The average molecular weight is 985 g/mol. The first-order valence-corrected chi connectivity index (χ1v) is 26.4. The Morgan fingerprint density at radius 2 is 0.658 bits per heavy atom. The zero-order valence-electron chi connectivity index (χ0n) is 43.2. The lowest BCUT2D eigenvalue weighted by Gasteiger charge is -2.27. The molecule has 0 aliphatic heterocycles. The normalized spacial score (nSPS) is 12.3. The molecular formula is C70H52N2O4. The molecular weight excluding hydrogens is 933 g/mol. The Balaban J connectivity index is 0.835. The summed E-state index contributed by atoms with van der Waals surface area (Å²) < 4.78 is 27.4. The molecule has 0 atom stereocenters. The Kier molecular flexibility index (Phi) is 9.68. The quantitative estimate of drug-likeness (QED) is 0.151. The summed E-state index contributed by atoms with van der Waals surface area (Å²) in [6.07, 6.45) is 0. The van der Waals surface area contributed by atoms with Gasteiger partial charge >= 0.3 is 0 Å². The molecule has 15 rings (SSSR count). The maximum Gasteiger partial charge on any atom is 0.159 e. The number of hydrogen-bond acceptors (Lipinski definition) is 6. The van der Waals surface area contributed by atoms with Crippen LogP contribution in [0.1, 0.15) is 61.8 Å². The van der Waals surface area contributed by atoms with Gasteiger partial charge in [-0.1, -0.05) is 137 Å². The van der Waals surface area contributed by atoms with Gasteiger partial charge in [-0.3, -0.25) is 0 Å². The van der Waals surface area contributed by atoms with Crippen LogP contribution in [0.15, 0.2) is 212 Å². The number of fused-ring (bicyclic) bond motifs is 14. The Morgan fingerprint density at radius 1 is 0.289 bits per heavy atom. The fourth-order valence-electron chi connectivity index (χ4n) is 12.1. The first kappa shape index (κ1) is 44.2. The van der Waals surface area contributed by atoms with Crippen molar-refractivity contribution in [2.24, 2.45) is 0 Å². The minimum Gasteiger partial charge on any atom is -0.456 e. The maximum absolute atomic E-state index is 6.90. The van der Waals surface area contributed by atoms with Crippen LogP contribution in [-0.2, 0) is 0 Å². The van der Waals surface area contributed by atoms with Crippen molar-refractivity contribution in [1.82, 2.24) is 0 Å². The number of anilines is 6. The molecule has 4 aromatic heterocycles. The SMILES string of the molecule is Cc1ccccc1N(c1ccc2cc3c(cc2c1)oc1cc2c(cc13)oc1cc3cc(N(c4ccccc4C)c4cccc5c4oc4c(C(C)C)cccc45)ccc3cc12)c1cccc2c1oc1c(C(C)C)cccc12. The van der Waals surface area contributed by atoms with Gasteiger partial charge in [0.1, 0.15) is 33.5 Å². The average Bonchev–Trinajstić information content (AvgIpc) is 4.24. The highest BCUT2D eigenvalue weighted by Gasteiger charge is 2.25. The lowest BCUT2D eigenvalue weighted by molar-refractivity contribution is 0.657. The van der Waals surface area contributed by atoms with Crippen molar-refractivity contribution < 1.29 is 17.7 Å². The lowest BCUT2D eigenvalue weighted by Crippen LogP contribution is -2.11. The van der Waals surface area contributed by atoms with Crippen LogP contribution in [0.4, 0.5) is 34.1 Å². The number of nitrogens with zero attached hydrogens (tertiary/aromatic N) is 2. The van der Waals surface area contributed by atoms with Crippen molar-refractivity contribution >= 4 is 143 Å². The highest BCUT2D eigenvalue weighted by molar-refractivity contribution is 6.19. The molecule has 0 unspecified atom stereocenters. The predicted octanol–water partition coefficient (Wildman–Crippen LogP) is 21.4. The van der Waals surface area contributed by atoms with Gasteiger partial charge in [0, 0.05) is 65.8 Å². The lowest BCUT2D eigenvalue weighted by atomic mass is 10.00. The number of benzene rings is 11. The van der Waals surface area contributed by atoms with E-state index in [2.05, 4.69) is 245 Å². The van der Waals surface area contributed by atoms with Gasteiger partial charge in [0.25, 0.3) is 0 Å². The van der Waals surface area contributed by atoms with Crippen molar-refractivity contribution in [2.45, 2.75) is 53.4 Å². The molecule has 366 valence electrons. The highest BCUT2D eigenvalue weighted by atomic mass is 16.3. The summed E-state index contributed by atoms with van der Waals surface area (Å²) in [7, 11) is 0. The minimum absolute atomic E-state index is 0.328. The third-order valence-corrected chi connectivity index (χ3v) is 16.0. The van der Waals surface area contributed by atoms with Crippen molar-refractivity contribution in [3.63, 3.8) is 0 Å². The second-order valence-corrected chi connectivity index (χ2v) is 21.3. The van der Waals surface area contributed by atoms with Crippen molar-refractivity contribution in [2.75, 3.05) is 9.80 Å². The maximum atomic E-state index is 6.90. The number of aryl methyl sites for hydroxylation is 2. The van der Waals surface area contributed by atoms with Crippen LogP contribution < -0.4 is 9.80 Å². The summed E-state index contributed by atoms with van der Waals surface area (Å²) in [5.41, 5.74) is 17.9. The van der Waals surface area contributed by atoms with Gasteiger partial charge in [0.2, 0.25) is 0 Å². The monoisotopic (exact) mass is 984 g/mol. The van der Waals surface area contributed by atoms with Gasteiger partial charge in [-0.15, -0.1) is 0 Å². The summed E-state index contributed by atoms with van der Waals surface area (Å²) in [5.74, 6) is 0.656. The van der Waals surface area contributed by atoms with Crippen LogP contribution in [0.2, 0.25) is 0 Å². The smallest absolute Gasteiger partial charge is 0.159 e. The summed E-state index contributed by atoms with van der Waals surface area (Å²) in [6.45, 7) is 13.2. The first-order chi connectivity index (χ1) is 37.1. The van der Waals surface area contributed by atoms with E-state index in [0.29, 0.717) is 11.8 Å². The topological polar surface area (TPSA) is 59.0 Å². The van der Waals surface area contributed by atoms with E-state index in [9.17, 15) is 0 Å². The molecule has 0 fully saturated rings. The van der Waals surface area contributed by atoms with Crippen LogP contribution in [0.25, 0.3) is 109 Å². The number of para-hydroxylation sites is 6. The van der Waals surface area contributed by atoms with E-state index in [-0.39, 0.29) is 0 Å². The van der Waals surface area contributed by atoms with E-state index in [1.165, 1.54) is 22.3 Å². The Bertz CT molecular complexity index is 4580. The molecule has 0 bridgehead atoms. The molecule has 6 nitrogen and oxygen atoms in total. The first-order valence-electron chi connectivity index (χ1n) is 26.4. The van der Waals surface area contributed by atoms with E-state index in [1.807, 2.05) is 0 Å².